The molecule has 1 aromatic heterocycles. The minimum atomic E-state index is 0.446. The number of aryl methyl sites for hydroxylation is 1. The van der Waals surface area contributed by atoms with Crippen molar-refractivity contribution in [3.63, 3.8) is 0 Å². The second-order valence-corrected chi connectivity index (χ2v) is 4.47. The molecule has 0 fully saturated rings. The van der Waals surface area contributed by atoms with Crippen molar-refractivity contribution in [3.8, 4) is 0 Å². The van der Waals surface area contributed by atoms with Crippen LogP contribution in [0.1, 0.15) is 16.8 Å². The second kappa shape index (κ2) is 5.06. The second-order valence-electron chi connectivity index (χ2n) is 4.03. The highest BCUT2D eigenvalue weighted by atomic mass is 32.1. The van der Waals surface area contributed by atoms with Crippen LogP contribution in [-0.4, -0.2) is 4.99 Å². The molecule has 0 aliphatic heterocycles. The Kier molecular flexibility index (Phi) is 3.49. The fourth-order valence-corrected chi connectivity index (χ4v) is 1.89. The molecule has 2 rings (SSSR count). The van der Waals surface area contributed by atoms with Crippen LogP contribution in [0.4, 0.5) is 0 Å². The Morgan fingerprint density at radius 2 is 2.06 bits per heavy atom. The van der Waals surface area contributed by atoms with Crippen LogP contribution in [0.5, 0.6) is 0 Å². The third-order valence-electron chi connectivity index (χ3n) is 2.73. The van der Waals surface area contributed by atoms with Gasteiger partial charge in [0.05, 0.1) is 0 Å². The van der Waals surface area contributed by atoms with Crippen molar-refractivity contribution in [2.45, 2.75) is 13.5 Å². The molecular formula is C14H15N2S+. The monoisotopic (exact) mass is 243 g/mol. The largest absolute Gasteiger partial charge is 0.389 e. The summed E-state index contributed by atoms with van der Waals surface area (Å²) >= 11 is 4.98. The van der Waals surface area contributed by atoms with Crippen molar-refractivity contribution in [1.82, 2.24) is 0 Å². The van der Waals surface area contributed by atoms with Gasteiger partial charge < -0.3 is 5.73 Å². The molecule has 2 nitrogen and oxygen atoms in total. The number of hydrogen-bond acceptors (Lipinski definition) is 1. The Hall–Kier alpha value is -1.74. The lowest BCUT2D eigenvalue weighted by Crippen LogP contribution is -2.36. The summed E-state index contributed by atoms with van der Waals surface area (Å²) in [4.78, 5) is 0.446. The number of hydrogen-bond donors (Lipinski definition) is 1. The first kappa shape index (κ1) is 11.7. The smallest absolute Gasteiger partial charge is 0.178 e. The maximum absolute atomic E-state index is 5.63. The molecule has 3 heteroatoms. The van der Waals surface area contributed by atoms with Gasteiger partial charge in [0.25, 0.3) is 0 Å². The van der Waals surface area contributed by atoms with Crippen LogP contribution in [0.25, 0.3) is 0 Å². The zero-order valence-electron chi connectivity index (χ0n) is 9.76. The minimum Gasteiger partial charge on any atom is -0.389 e. The molecule has 0 aliphatic carbocycles. The van der Waals surface area contributed by atoms with Crippen LogP contribution in [0.2, 0.25) is 0 Å². The molecule has 0 spiro atoms. The number of nitrogens with zero attached hydrogens (tertiary/aromatic N) is 1. The first-order chi connectivity index (χ1) is 8.16. The minimum absolute atomic E-state index is 0.446. The maximum atomic E-state index is 5.63. The summed E-state index contributed by atoms with van der Waals surface area (Å²) in [5.74, 6) is 0. The molecular weight excluding hydrogens is 228 g/mol. The van der Waals surface area contributed by atoms with Gasteiger partial charge in [-0.2, -0.15) is 4.57 Å². The van der Waals surface area contributed by atoms with Crippen LogP contribution in [0.15, 0.2) is 48.7 Å². The fraction of sp³-hybridized carbons (Fsp3) is 0.143. The Labute approximate surface area is 107 Å². The summed E-state index contributed by atoms with van der Waals surface area (Å²) in [5.41, 5.74) is 8.99. The Morgan fingerprint density at radius 3 is 2.76 bits per heavy atom. The molecule has 2 aromatic rings. The normalized spacial score (nSPS) is 10.2. The molecule has 17 heavy (non-hydrogen) atoms. The zero-order chi connectivity index (χ0) is 12.3. The van der Waals surface area contributed by atoms with Gasteiger partial charge in [0.15, 0.2) is 18.4 Å². The number of aromatic nitrogens is 1. The predicted octanol–water partition coefficient (Wildman–Crippen LogP) is 1.97. The summed E-state index contributed by atoms with van der Waals surface area (Å²) in [6.45, 7) is 2.93. The quantitative estimate of drug-likeness (QED) is 0.660. The van der Waals surface area contributed by atoms with Crippen molar-refractivity contribution >= 4 is 17.2 Å². The van der Waals surface area contributed by atoms with E-state index in [2.05, 4.69) is 29.8 Å². The standard InChI is InChI=1S/C14H14N2S/c1-11-5-2-3-8-16(11)10-12-6-4-7-13(9-12)14(15)17/h2-9H,10H2,1H3,(H-,15,17)/p+1. The van der Waals surface area contributed by atoms with Crippen molar-refractivity contribution in [3.05, 3.63) is 65.5 Å². The third-order valence-corrected chi connectivity index (χ3v) is 2.97. The summed E-state index contributed by atoms with van der Waals surface area (Å²) in [6, 6.07) is 14.2. The van der Waals surface area contributed by atoms with Crippen molar-refractivity contribution in [1.29, 1.82) is 0 Å². The molecule has 0 atom stereocenters. The lowest BCUT2D eigenvalue weighted by atomic mass is 10.1. The number of pyridine rings is 1. The molecule has 0 aliphatic rings. The van der Waals surface area contributed by atoms with Gasteiger partial charge in [-0.3, -0.25) is 0 Å². The molecule has 0 unspecified atom stereocenters. The summed E-state index contributed by atoms with van der Waals surface area (Å²) < 4.78 is 2.19. The van der Waals surface area contributed by atoms with E-state index in [1.807, 2.05) is 30.3 Å². The van der Waals surface area contributed by atoms with Gasteiger partial charge in [0.1, 0.15) is 4.99 Å². The van der Waals surface area contributed by atoms with E-state index in [4.69, 9.17) is 18.0 Å². The summed E-state index contributed by atoms with van der Waals surface area (Å²) in [6.07, 6.45) is 2.07. The van der Waals surface area contributed by atoms with Gasteiger partial charge in [0, 0.05) is 30.2 Å². The molecule has 0 amide bonds. The topological polar surface area (TPSA) is 29.9 Å². The number of nitrogens with two attached hydrogens (primary N) is 1. The first-order valence-corrected chi connectivity index (χ1v) is 5.91. The van der Waals surface area contributed by atoms with Gasteiger partial charge in [0.2, 0.25) is 0 Å². The zero-order valence-corrected chi connectivity index (χ0v) is 10.6. The first-order valence-electron chi connectivity index (χ1n) is 5.50. The van der Waals surface area contributed by atoms with Crippen LogP contribution in [-0.2, 0) is 6.54 Å². The summed E-state index contributed by atoms with van der Waals surface area (Å²) in [5, 5.41) is 0. The van der Waals surface area contributed by atoms with E-state index in [0.717, 1.165) is 12.1 Å². The predicted molar refractivity (Wildman–Crippen MR) is 72.8 cm³/mol. The van der Waals surface area contributed by atoms with Crippen LogP contribution >= 0.6 is 12.2 Å². The van der Waals surface area contributed by atoms with Crippen molar-refractivity contribution in [2.24, 2.45) is 5.73 Å². The fourth-order valence-electron chi connectivity index (χ4n) is 1.76. The van der Waals surface area contributed by atoms with Gasteiger partial charge in [-0.1, -0.05) is 36.5 Å². The molecule has 86 valence electrons. The molecule has 1 heterocycles. The average Bonchev–Trinajstić information content (AvgIpc) is 2.32. The molecule has 0 bridgehead atoms. The van der Waals surface area contributed by atoms with Gasteiger partial charge in [-0.05, 0) is 6.07 Å². The Morgan fingerprint density at radius 1 is 1.24 bits per heavy atom. The highest BCUT2D eigenvalue weighted by Gasteiger charge is 2.06. The third kappa shape index (κ3) is 2.88. The Balaban J connectivity index is 2.28. The number of benzene rings is 1. The lowest BCUT2D eigenvalue weighted by molar-refractivity contribution is -0.694. The van der Waals surface area contributed by atoms with E-state index < -0.39 is 0 Å². The van der Waals surface area contributed by atoms with E-state index in [1.54, 1.807) is 0 Å². The van der Waals surface area contributed by atoms with E-state index in [9.17, 15) is 0 Å². The van der Waals surface area contributed by atoms with Crippen LogP contribution < -0.4 is 10.3 Å². The average molecular weight is 243 g/mol. The van der Waals surface area contributed by atoms with Crippen molar-refractivity contribution < 1.29 is 4.57 Å². The van der Waals surface area contributed by atoms with Crippen LogP contribution in [0, 0.1) is 6.92 Å². The Bertz CT molecular complexity index is 549. The highest BCUT2D eigenvalue weighted by molar-refractivity contribution is 7.80. The number of rotatable bonds is 3. The van der Waals surface area contributed by atoms with Crippen molar-refractivity contribution in [2.75, 3.05) is 0 Å². The lowest BCUT2D eigenvalue weighted by Gasteiger charge is -2.03. The maximum Gasteiger partial charge on any atom is 0.178 e. The SMILES string of the molecule is Cc1cccc[n+]1Cc1cccc(C(N)=S)c1. The van der Waals surface area contributed by atoms with Gasteiger partial charge in [-0.25, -0.2) is 0 Å². The van der Waals surface area contributed by atoms with Crippen LogP contribution in [0.3, 0.4) is 0 Å². The molecule has 1 aromatic carbocycles. The molecule has 0 saturated heterocycles. The van der Waals surface area contributed by atoms with Gasteiger partial charge in [-0.15, -0.1) is 0 Å². The van der Waals surface area contributed by atoms with E-state index in [-0.39, 0.29) is 0 Å². The van der Waals surface area contributed by atoms with E-state index in [0.29, 0.717) is 4.99 Å². The summed E-state index contributed by atoms with van der Waals surface area (Å²) in [7, 11) is 0. The highest BCUT2D eigenvalue weighted by Crippen LogP contribution is 2.05. The molecule has 2 N–H and O–H groups in total. The number of thiocarbonyl (C=S) groups is 1. The van der Waals surface area contributed by atoms with Gasteiger partial charge >= 0.3 is 0 Å². The van der Waals surface area contributed by atoms with E-state index >= 15 is 0 Å². The van der Waals surface area contributed by atoms with E-state index in [1.165, 1.54) is 11.3 Å². The molecule has 0 radical (unpaired) electrons. The molecule has 0 saturated carbocycles.